The first-order chi connectivity index (χ1) is 10.1. The van der Waals surface area contributed by atoms with E-state index in [9.17, 15) is 0 Å². The van der Waals surface area contributed by atoms with Gasteiger partial charge in [0, 0.05) is 22.5 Å². The number of hydrogen-bond acceptors (Lipinski definition) is 3. The number of aliphatic hydroxyl groups is 1. The average Bonchev–Trinajstić information content (AvgIpc) is 2.39. The van der Waals surface area contributed by atoms with Gasteiger partial charge in [-0.3, -0.25) is 0 Å². The van der Waals surface area contributed by atoms with E-state index >= 15 is 0 Å². The molecule has 1 N–H and O–H groups in total. The Hall–Kier alpha value is -0.740. The minimum Gasteiger partial charge on any atom is -0.492 e. The molecule has 0 aliphatic rings. The maximum absolute atomic E-state index is 9.05. The van der Waals surface area contributed by atoms with Crippen molar-refractivity contribution in [3.63, 3.8) is 0 Å². The van der Waals surface area contributed by atoms with Crippen molar-refractivity contribution in [1.29, 1.82) is 0 Å². The van der Waals surface area contributed by atoms with E-state index in [0.717, 1.165) is 22.4 Å². The number of alkyl halides is 1. The Morgan fingerprint density at radius 1 is 0.864 bits per heavy atom. The molecule has 0 aliphatic heterocycles. The van der Waals surface area contributed by atoms with Crippen LogP contribution in [0.5, 0.6) is 11.5 Å². The summed E-state index contributed by atoms with van der Waals surface area (Å²) in [6, 6.07) is 4.16. The smallest absolute Gasteiger partial charge is 0.126 e. The number of hydrogen-bond donors (Lipinski definition) is 1. The van der Waals surface area contributed by atoms with Crippen LogP contribution in [0.2, 0.25) is 0 Å². The topological polar surface area (TPSA) is 38.7 Å². The average molecular weight is 373 g/mol. The summed E-state index contributed by atoms with van der Waals surface area (Å²) in [4.78, 5) is 0. The van der Waals surface area contributed by atoms with Gasteiger partial charge in [-0.2, -0.15) is 0 Å². The zero-order chi connectivity index (χ0) is 17.0. The maximum Gasteiger partial charge on any atom is 0.126 e. The largest absolute Gasteiger partial charge is 0.492 e. The van der Waals surface area contributed by atoms with Gasteiger partial charge in [-0.1, -0.05) is 57.5 Å². The molecule has 0 unspecified atom stereocenters. The van der Waals surface area contributed by atoms with Gasteiger partial charge in [0.1, 0.15) is 18.1 Å². The first kappa shape index (κ1) is 19.3. The Kier molecular flexibility index (Phi) is 6.75. The second-order valence-corrected chi connectivity index (χ2v) is 8.25. The van der Waals surface area contributed by atoms with E-state index in [-0.39, 0.29) is 24.0 Å². The standard InChI is InChI=1S/C18H29BrO3/c1-17(2,3)13-11-14(18(4,5)6)16(22-10-8-20)12-15(13)21-9-7-19/h11-12,20H,7-10H2,1-6H3. The molecule has 0 heterocycles. The summed E-state index contributed by atoms with van der Waals surface area (Å²) in [5.41, 5.74) is 2.25. The molecule has 0 atom stereocenters. The number of halogens is 1. The van der Waals surface area contributed by atoms with E-state index in [1.165, 1.54) is 5.56 Å². The molecular formula is C18H29BrO3. The Balaban J connectivity index is 3.42. The molecule has 0 spiro atoms. The van der Waals surface area contributed by atoms with Crippen molar-refractivity contribution in [2.24, 2.45) is 0 Å². The van der Waals surface area contributed by atoms with Gasteiger partial charge in [0.05, 0.1) is 13.2 Å². The molecule has 1 aromatic rings. The highest BCUT2D eigenvalue weighted by Crippen LogP contribution is 2.41. The highest BCUT2D eigenvalue weighted by Gasteiger charge is 2.26. The van der Waals surface area contributed by atoms with Crippen LogP contribution in [0.25, 0.3) is 0 Å². The predicted octanol–water partition coefficient (Wildman–Crippen LogP) is 4.43. The van der Waals surface area contributed by atoms with Crippen LogP contribution in [0.3, 0.4) is 0 Å². The Labute approximate surface area is 143 Å². The number of ether oxygens (including phenoxy) is 2. The molecule has 0 saturated carbocycles. The van der Waals surface area contributed by atoms with E-state index in [2.05, 4.69) is 63.5 Å². The van der Waals surface area contributed by atoms with Gasteiger partial charge in [0.25, 0.3) is 0 Å². The zero-order valence-electron chi connectivity index (χ0n) is 14.6. The summed E-state index contributed by atoms with van der Waals surface area (Å²) < 4.78 is 11.7. The number of rotatable bonds is 6. The monoisotopic (exact) mass is 372 g/mol. The summed E-state index contributed by atoms with van der Waals surface area (Å²) in [5.74, 6) is 1.65. The second kappa shape index (κ2) is 7.69. The molecular weight excluding hydrogens is 344 g/mol. The van der Waals surface area contributed by atoms with Crippen LogP contribution < -0.4 is 9.47 Å². The van der Waals surface area contributed by atoms with Crippen LogP contribution in [0.1, 0.15) is 52.7 Å². The van der Waals surface area contributed by atoms with Crippen molar-refractivity contribution in [2.45, 2.75) is 52.4 Å². The first-order valence-corrected chi connectivity index (χ1v) is 8.85. The Morgan fingerprint density at radius 3 is 1.68 bits per heavy atom. The molecule has 0 aliphatic carbocycles. The predicted molar refractivity (Wildman–Crippen MR) is 95.7 cm³/mol. The lowest BCUT2D eigenvalue weighted by Gasteiger charge is -2.29. The van der Waals surface area contributed by atoms with Crippen LogP contribution in [0.4, 0.5) is 0 Å². The summed E-state index contributed by atoms with van der Waals surface area (Å²) in [5, 5.41) is 9.84. The molecule has 0 radical (unpaired) electrons. The summed E-state index contributed by atoms with van der Waals surface area (Å²) in [6.07, 6.45) is 0. The molecule has 4 heteroatoms. The van der Waals surface area contributed by atoms with E-state index in [4.69, 9.17) is 14.6 Å². The zero-order valence-corrected chi connectivity index (χ0v) is 16.2. The molecule has 22 heavy (non-hydrogen) atoms. The lowest BCUT2D eigenvalue weighted by Crippen LogP contribution is -2.20. The first-order valence-electron chi connectivity index (χ1n) is 7.72. The van der Waals surface area contributed by atoms with Crippen LogP contribution >= 0.6 is 15.9 Å². The molecule has 0 bridgehead atoms. The highest BCUT2D eigenvalue weighted by atomic mass is 79.9. The van der Waals surface area contributed by atoms with Crippen molar-refractivity contribution in [3.8, 4) is 11.5 Å². The van der Waals surface area contributed by atoms with E-state index < -0.39 is 0 Å². The van der Waals surface area contributed by atoms with E-state index in [0.29, 0.717) is 6.61 Å². The summed E-state index contributed by atoms with van der Waals surface area (Å²) in [7, 11) is 0. The normalized spacial score (nSPS) is 12.4. The Bertz CT molecular complexity index is 443. The van der Waals surface area contributed by atoms with Gasteiger partial charge in [0.15, 0.2) is 0 Å². The van der Waals surface area contributed by atoms with Crippen molar-refractivity contribution >= 4 is 15.9 Å². The fraction of sp³-hybridized carbons (Fsp3) is 0.667. The van der Waals surface area contributed by atoms with Crippen molar-refractivity contribution in [2.75, 3.05) is 25.2 Å². The van der Waals surface area contributed by atoms with Crippen LogP contribution in [-0.2, 0) is 10.8 Å². The molecule has 0 saturated heterocycles. The molecule has 1 rings (SSSR count). The van der Waals surface area contributed by atoms with Crippen molar-refractivity contribution in [1.82, 2.24) is 0 Å². The third-order valence-corrected chi connectivity index (χ3v) is 3.71. The third kappa shape index (κ3) is 5.17. The number of aliphatic hydroxyl groups excluding tert-OH is 1. The fourth-order valence-electron chi connectivity index (χ4n) is 2.28. The van der Waals surface area contributed by atoms with Crippen molar-refractivity contribution in [3.05, 3.63) is 23.3 Å². The molecule has 0 amide bonds. The lowest BCUT2D eigenvalue weighted by molar-refractivity contribution is 0.198. The minimum absolute atomic E-state index is 0.00218. The van der Waals surface area contributed by atoms with Gasteiger partial charge in [-0.15, -0.1) is 0 Å². The third-order valence-electron chi connectivity index (χ3n) is 3.38. The van der Waals surface area contributed by atoms with Gasteiger partial charge in [0.2, 0.25) is 0 Å². The van der Waals surface area contributed by atoms with Gasteiger partial charge >= 0.3 is 0 Å². The number of benzene rings is 1. The lowest BCUT2D eigenvalue weighted by atomic mass is 9.79. The quantitative estimate of drug-likeness (QED) is 0.750. The second-order valence-electron chi connectivity index (χ2n) is 7.45. The summed E-state index contributed by atoms with van der Waals surface area (Å²) in [6.45, 7) is 14.0. The molecule has 3 nitrogen and oxygen atoms in total. The molecule has 0 aromatic heterocycles. The summed E-state index contributed by atoms with van der Waals surface area (Å²) >= 11 is 3.40. The SMILES string of the molecule is CC(C)(C)c1cc(C(C)(C)C)c(OCCBr)cc1OCCO. The maximum atomic E-state index is 9.05. The van der Waals surface area contributed by atoms with E-state index in [1.54, 1.807) is 0 Å². The van der Waals surface area contributed by atoms with Gasteiger partial charge in [-0.05, 0) is 16.9 Å². The van der Waals surface area contributed by atoms with E-state index in [1.807, 2.05) is 6.07 Å². The van der Waals surface area contributed by atoms with Crippen molar-refractivity contribution < 1.29 is 14.6 Å². The van der Waals surface area contributed by atoms with Crippen LogP contribution in [0, 0.1) is 0 Å². The van der Waals surface area contributed by atoms with Gasteiger partial charge < -0.3 is 14.6 Å². The van der Waals surface area contributed by atoms with Crippen LogP contribution in [-0.4, -0.2) is 30.3 Å². The minimum atomic E-state index is -0.0429. The molecule has 0 fully saturated rings. The fourth-order valence-corrected chi connectivity index (χ4v) is 2.44. The Morgan fingerprint density at radius 2 is 1.32 bits per heavy atom. The highest BCUT2D eigenvalue weighted by molar-refractivity contribution is 9.09. The van der Waals surface area contributed by atoms with Crippen LogP contribution in [0.15, 0.2) is 12.1 Å². The molecule has 126 valence electrons. The van der Waals surface area contributed by atoms with Gasteiger partial charge in [-0.25, -0.2) is 0 Å². The molecule has 1 aromatic carbocycles.